The largest absolute Gasteiger partial charge is 0.456 e. The SMILES string of the molecule is C=C(C)C(=O)OC12CC3CC(CC(OCC(=O)OCOC4CCCCC4)(C3)C1)C2. The molecule has 0 aromatic rings. The van der Waals surface area contributed by atoms with Gasteiger partial charge < -0.3 is 18.9 Å². The summed E-state index contributed by atoms with van der Waals surface area (Å²) in [7, 11) is 0. The fraction of sp³-hybridized carbons (Fsp3) is 0.826. The quantitative estimate of drug-likeness (QED) is 0.344. The molecule has 4 bridgehead atoms. The second-order valence-electron chi connectivity index (χ2n) is 9.85. The molecule has 5 fully saturated rings. The highest BCUT2D eigenvalue weighted by Gasteiger charge is 2.60. The Morgan fingerprint density at radius 1 is 1.00 bits per heavy atom. The molecule has 6 nitrogen and oxygen atoms in total. The molecular weight excluding hydrogens is 372 g/mol. The summed E-state index contributed by atoms with van der Waals surface area (Å²) < 4.78 is 23.0. The third-order valence-electron chi connectivity index (χ3n) is 7.18. The number of esters is 2. The fourth-order valence-corrected chi connectivity index (χ4v) is 6.35. The molecule has 5 aliphatic rings. The molecule has 5 saturated carbocycles. The Morgan fingerprint density at radius 3 is 2.31 bits per heavy atom. The van der Waals surface area contributed by atoms with E-state index in [0.717, 1.165) is 44.9 Å². The van der Waals surface area contributed by atoms with Gasteiger partial charge in [-0.1, -0.05) is 25.8 Å². The Hall–Kier alpha value is -1.40. The van der Waals surface area contributed by atoms with Crippen molar-refractivity contribution in [2.45, 2.75) is 94.9 Å². The lowest BCUT2D eigenvalue weighted by atomic mass is 9.52. The number of hydrogen-bond donors (Lipinski definition) is 0. The van der Waals surface area contributed by atoms with E-state index in [-0.39, 0.29) is 37.0 Å². The van der Waals surface area contributed by atoms with E-state index >= 15 is 0 Å². The molecule has 0 amide bonds. The van der Waals surface area contributed by atoms with Crippen molar-refractivity contribution in [2.24, 2.45) is 11.8 Å². The fourth-order valence-electron chi connectivity index (χ4n) is 6.35. The van der Waals surface area contributed by atoms with E-state index < -0.39 is 5.60 Å². The van der Waals surface area contributed by atoms with Gasteiger partial charge in [0.25, 0.3) is 0 Å². The summed E-state index contributed by atoms with van der Waals surface area (Å²) in [5, 5.41) is 0. The maximum absolute atomic E-state index is 12.2. The number of rotatable bonds is 8. The minimum atomic E-state index is -0.464. The van der Waals surface area contributed by atoms with E-state index in [4.69, 9.17) is 18.9 Å². The molecule has 29 heavy (non-hydrogen) atoms. The van der Waals surface area contributed by atoms with Gasteiger partial charge in [-0.15, -0.1) is 0 Å². The van der Waals surface area contributed by atoms with Crippen molar-refractivity contribution in [3.63, 3.8) is 0 Å². The smallest absolute Gasteiger partial charge is 0.334 e. The molecule has 0 N–H and O–H groups in total. The highest BCUT2D eigenvalue weighted by atomic mass is 16.7. The highest BCUT2D eigenvalue weighted by Crippen LogP contribution is 2.60. The zero-order valence-corrected chi connectivity index (χ0v) is 17.6. The third-order valence-corrected chi connectivity index (χ3v) is 7.18. The van der Waals surface area contributed by atoms with Crippen LogP contribution in [0.15, 0.2) is 12.2 Å². The molecule has 0 radical (unpaired) electrons. The Balaban J connectivity index is 1.28. The van der Waals surface area contributed by atoms with Crippen molar-refractivity contribution >= 4 is 11.9 Å². The van der Waals surface area contributed by atoms with Crippen LogP contribution in [0, 0.1) is 11.8 Å². The second-order valence-corrected chi connectivity index (χ2v) is 9.85. The van der Waals surface area contributed by atoms with E-state index in [1.54, 1.807) is 6.92 Å². The summed E-state index contributed by atoms with van der Waals surface area (Å²) in [4.78, 5) is 24.4. The molecule has 0 saturated heterocycles. The van der Waals surface area contributed by atoms with Crippen LogP contribution < -0.4 is 0 Å². The van der Waals surface area contributed by atoms with Crippen LogP contribution in [0.5, 0.6) is 0 Å². The van der Waals surface area contributed by atoms with Gasteiger partial charge in [0.1, 0.15) is 12.2 Å². The maximum atomic E-state index is 12.2. The predicted octanol–water partition coefficient (Wildman–Crippen LogP) is 4.06. The van der Waals surface area contributed by atoms with Crippen molar-refractivity contribution in [1.29, 1.82) is 0 Å². The Labute approximate surface area is 173 Å². The van der Waals surface area contributed by atoms with E-state index in [0.29, 0.717) is 23.8 Å². The summed E-state index contributed by atoms with van der Waals surface area (Å²) in [6.07, 6.45) is 11.4. The molecule has 6 heteroatoms. The van der Waals surface area contributed by atoms with Crippen LogP contribution in [0.25, 0.3) is 0 Å². The van der Waals surface area contributed by atoms with Crippen LogP contribution in [0.3, 0.4) is 0 Å². The van der Waals surface area contributed by atoms with Crippen LogP contribution in [0.4, 0.5) is 0 Å². The number of ether oxygens (including phenoxy) is 4. The second kappa shape index (κ2) is 8.38. The molecule has 2 atom stereocenters. The highest BCUT2D eigenvalue weighted by molar-refractivity contribution is 5.87. The first-order valence-corrected chi connectivity index (χ1v) is 11.2. The Kier molecular flexibility index (Phi) is 6.03. The van der Waals surface area contributed by atoms with Gasteiger partial charge in [-0.25, -0.2) is 9.59 Å². The van der Waals surface area contributed by atoms with Gasteiger partial charge in [-0.05, 0) is 63.7 Å². The minimum absolute atomic E-state index is 0.00523. The molecule has 2 unspecified atom stereocenters. The Morgan fingerprint density at radius 2 is 1.66 bits per heavy atom. The molecule has 162 valence electrons. The van der Waals surface area contributed by atoms with Gasteiger partial charge in [0, 0.05) is 12.0 Å². The van der Waals surface area contributed by atoms with Crippen LogP contribution in [-0.2, 0) is 28.5 Å². The van der Waals surface area contributed by atoms with Crippen molar-refractivity contribution in [1.82, 2.24) is 0 Å². The lowest BCUT2D eigenvalue weighted by Gasteiger charge is -2.60. The first-order chi connectivity index (χ1) is 13.9. The summed E-state index contributed by atoms with van der Waals surface area (Å²) in [6.45, 7) is 5.33. The summed E-state index contributed by atoms with van der Waals surface area (Å²) >= 11 is 0. The van der Waals surface area contributed by atoms with E-state index in [2.05, 4.69) is 6.58 Å². The minimum Gasteiger partial charge on any atom is -0.456 e. The monoisotopic (exact) mass is 406 g/mol. The lowest BCUT2D eigenvalue weighted by Crippen LogP contribution is -2.61. The molecule has 5 rings (SSSR count). The van der Waals surface area contributed by atoms with Gasteiger partial charge in [0.05, 0.1) is 11.7 Å². The molecule has 0 aromatic heterocycles. The van der Waals surface area contributed by atoms with Crippen LogP contribution in [0.2, 0.25) is 0 Å². The predicted molar refractivity (Wildman–Crippen MR) is 106 cm³/mol. The van der Waals surface area contributed by atoms with Gasteiger partial charge in [-0.2, -0.15) is 0 Å². The molecule has 0 spiro atoms. The van der Waals surface area contributed by atoms with Gasteiger partial charge in [0.2, 0.25) is 0 Å². The third kappa shape index (κ3) is 4.85. The Bertz CT molecular complexity index is 636. The average molecular weight is 407 g/mol. The lowest BCUT2D eigenvalue weighted by molar-refractivity contribution is -0.235. The molecule has 0 aliphatic heterocycles. The average Bonchev–Trinajstić information content (AvgIpc) is 2.66. The molecule has 0 heterocycles. The standard InChI is InChI=1S/C23H34O6/c1-16(2)21(25)29-23-11-17-8-18(12-23)10-22(9-17,14-23)28-13-20(24)27-15-26-19-6-4-3-5-7-19/h17-19H,1,3-15H2,2H3. The van der Waals surface area contributed by atoms with Gasteiger partial charge in [0.15, 0.2) is 6.79 Å². The van der Waals surface area contributed by atoms with Crippen molar-refractivity contribution in [2.75, 3.05) is 13.4 Å². The maximum Gasteiger partial charge on any atom is 0.334 e. The van der Waals surface area contributed by atoms with Crippen LogP contribution >= 0.6 is 0 Å². The normalized spacial score (nSPS) is 36.0. The number of carbonyl (C=O) groups excluding carboxylic acids is 2. The summed E-state index contributed by atoms with van der Waals surface area (Å²) in [5.74, 6) is 0.269. The molecule has 5 aliphatic carbocycles. The summed E-state index contributed by atoms with van der Waals surface area (Å²) in [5.41, 5.74) is -0.422. The van der Waals surface area contributed by atoms with E-state index in [1.807, 2.05) is 0 Å². The zero-order chi connectivity index (χ0) is 20.5. The molecular formula is C23H34O6. The van der Waals surface area contributed by atoms with Crippen molar-refractivity contribution < 1.29 is 28.5 Å². The van der Waals surface area contributed by atoms with Crippen molar-refractivity contribution in [3.05, 3.63) is 12.2 Å². The summed E-state index contributed by atoms with van der Waals surface area (Å²) in [6, 6.07) is 0. The van der Waals surface area contributed by atoms with Gasteiger partial charge in [-0.3, -0.25) is 0 Å². The number of hydrogen-bond acceptors (Lipinski definition) is 6. The first kappa shape index (κ1) is 20.9. The topological polar surface area (TPSA) is 71.1 Å². The van der Waals surface area contributed by atoms with E-state index in [1.165, 1.54) is 19.3 Å². The van der Waals surface area contributed by atoms with Crippen molar-refractivity contribution in [3.8, 4) is 0 Å². The van der Waals surface area contributed by atoms with Crippen LogP contribution in [0.1, 0.15) is 77.6 Å². The van der Waals surface area contributed by atoms with Gasteiger partial charge >= 0.3 is 11.9 Å². The van der Waals surface area contributed by atoms with E-state index in [9.17, 15) is 9.59 Å². The van der Waals surface area contributed by atoms with Crippen LogP contribution in [-0.4, -0.2) is 42.6 Å². The zero-order valence-electron chi connectivity index (χ0n) is 17.6. The first-order valence-electron chi connectivity index (χ1n) is 11.2. The molecule has 0 aromatic carbocycles. The number of carbonyl (C=O) groups is 2.